The number of ether oxygens (including phenoxy) is 1. The van der Waals surface area contributed by atoms with Crippen molar-refractivity contribution in [2.75, 3.05) is 20.7 Å². The normalized spacial score (nSPS) is 28.3. The van der Waals surface area contributed by atoms with Crippen LogP contribution in [-0.2, 0) is 25.5 Å². The molecule has 4 rings (SSSR count). The largest absolute Gasteiger partial charge is 0.508 e. The van der Waals surface area contributed by atoms with Crippen LogP contribution in [-0.4, -0.2) is 75.1 Å². The van der Waals surface area contributed by atoms with Crippen LogP contribution in [0.1, 0.15) is 30.0 Å². The summed E-state index contributed by atoms with van der Waals surface area (Å²) in [4.78, 5) is 40.3. The SMILES string of the molecule is CCO/C=C/c1ccc(O)c2c1C[C@H]1C[C@H]3[C@H](N(C)C)C(=O)C(C(N)=O)=C(O)[C@@]3(O)C(=O)C1=C2O. The van der Waals surface area contributed by atoms with Gasteiger partial charge in [-0.2, -0.15) is 0 Å². The fraction of sp³-hybridized carbons (Fsp3) is 0.400. The Labute approximate surface area is 201 Å². The predicted molar refractivity (Wildman–Crippen MR) is 125 cm³/mol. The predicted octanol–water partition coefficient (Wildman–Crippen LogP) is 0.971. The fourth-order valence-corrected chi connectivity index (χ4v) is 5.64. The molecule has 35 heavy (non-hydrogen) atoms. The highest BCUT2D eigenvalue weighted by Crippen LogP contribution is 2.52. The van der Waals surface area contributed by atoms with Gasteiger partial charge in [0.1, 0.15) is 22.8 Å². The molecule has 0 spiro atoms. The highest BCUT2D eigenvalue weighted by molar-refractivity contribution is 6.24. The molecule has 0 bridgehead atoms. The minimum absolute atomic E-state index is 0.0377. The zero-order valence-corrected chi connectivity index (χ0v) is 19.6. The number of carbonyl (C=O) groups is 3. The van der Waals surface area contributed by atoms with Gasteiger partial charge >= 0.3 is 0 Å². The lowest BCUT2D eigenvalue weighted by molar-refractivity contribution is -0.153. The molecule has 0 heterocycles. The molecule has 10 heteroatoms. The molecule has 4 atom stereocenters. The Kier molecular flexibility index (Phi) is 5.98. The van der Waals surface area contributed by atoms with Crippen molar-refractivity contribution in [2.45, 2.75) is 31.4 Å². The van der Waals surface area contributed by atoms with E-state index in [-0.39, 0.29) is 29.7 Å². The number of primary amides is 1. The van der Waals surface area contributed by atoms with E-state index in [1.165, 1.54) is 17.2 Å². The number of aliphatic hydroxyl groups is 3. The Morgan fingerprint density at radius 1 is 1.26 bits per heavy atom. The number of carbonyl (C=O) groups excluding carboxylic acids is 3. The number of rotatable bonds is 5. The number of fused-ring (bicyclic) bond motifs is 3. The number of likely N-dealkylation sites (N-methyl/N-ethyl adjacent to an activating group) is 1. The summed E-state index contributed by atoms with van der Waals surface area (Å²) in [7, 11) is 3.12. The van der Waals surface area contributed by atoms with Gasteiger partial charge in [-0.05, 0) is 63.0 Å². The second kappa shape index (κ2) is 8.54. The van der Waals surface area contributed by atoms with Crippen molar-refractivity contribution < 1.29 is 39.5 Å². The molecule has 0 aliphatic heterocycles. The number of phenolic OH excluding ortho intramolecular Hbond substituents is 1. The van der Waals surface area contributed by atoms with Gasteiger partial charge in [-0.3, -0.25) is 19.3 Å². The van der Waals surface area contributed by atoms with Crippen LogP contribution in [0.15, 0.2) is 35.3 Å². The lowest BCUT2D eigenvalue weighted by atomic mass is 9.57. The third kappa shape index (κ3) is 3.43. The van der Waals surface area contributed by atoms with E-state index in [0.717, 1.165) is 0 Å². The van der Waals surface area contributed by atoms with Gasteiger partial charge in [-0.1, -0.05) is 6.07 Å². The van der Waals surface area contributed by atoms with Crippen molar-refractivity contribution in [2.24, 2.45) is 17.6 Å². The number of amides is 1. The highest BCUT2D eigenvalue weighted by Gasteiger charge is 2.64. The van der Waals surface area contributed by atoms with Crippen LogP contribution in [0.25, 0.3) is 11.8 Å². The molecule has 0 unspecified atom stereocenters. The molecule has 3 aliphatic rings. The van der Waals surface area contributed by atoms with Crippen molar-refractivity contribution in [3.05, 3.63) is 52.0 Å². The van der Waals surface area contributed by atoms with Crippen molar-refractivity contribution in [1.82, 2.24) is 4.90 Å². The average Bonchev–Trinajstić information content (AvgIpc) is 2.77. The minimum atomic E-state index is -2.65. The van der Waals surface area contributed by atoms with Gasteiger partial charge in [0.15, 0.2) is 11.4 Å². The molecule has 10 nitrogen and oxygen atoms in total. The molecule has 0 saturated heterocycles. The summed E-state index contributed by atoms with van der Waals surface area (Å²) < 4.78 is 5.27. The summed E-state index contributed by atoms with van der Waals surface area (Å²) in [5.41, 5.74) is 2.93. The number of benzene rings is 1. The Hall–Kier alpha value is -3.63. The fourth-order valence-electron chi connectivity index (χ4n) is 5.64. The highest BCUT2D eigenvalue weighted by atomic mass is 16.5. The maximum atomic E-state index is 13.7. The van der Waals surface area contributed by atoms with Crippen molar-refractivity contribution in [3.8, 4) is 5.75 Å². The van der Waals surface area contributed by atoms with Crippen LogP contribution in [0.4, 0.5) is 0 Å². The van der Waals surface area contributed by atoms with E-state index in [4.69, 9.17) is 10.5 Å². The van der Waals surface area contributed by atoms with Crippen LogP contribution in [0.2, 0.25) is 0 Å². The molecule has 1 fully saturated rings. The van der Waals surface area contributed by atoms with E-state index < -0.39 is 58.0 Å². The zero-order chi connectivity index (χ0) is 25.8. The van der Waals surface area contributed by atoms with Crippen LogP contribution in [0.3, 0.4) is 0 Å². The maximum absolute atomic E-state index is 13.7. The number of hydrogen-bond acceptors (Lipinski definition) is 9. The van der Waals surface area contributed by atoms with Crippen LogP contribution in [0, 0.1) is 11.8 Å². The first-order chi connectivity index (χ1) is 16.5. The second-order valence-electron chi connectivity index (χ2n) is 9.25. The number of phenols is 1. The van der Waals surface area contributed by atoms with Crippen LogP contribution < -0.4 is 5.73 Å². The molecular formula is C25H28N2O8. The van der Waals surface area contributed by atoms with Gasteiger partial charge in [0.05, 0.1) is 24.5 Å². The summed E-state index contributed by atoms with van der Waals surface area (Å²) in [6.45, 7) is 2.28. The molecule has 6 N–H and O–H groups in total. The first-order valence-electron chi connectivity index (χ1n) is 11.2. The summed E-state index contributed by atoms with van der Waals surface area (Å²) in [5.74, 6) is -6.71. The molecule has 0 radical (unpaired) electrons. The van der Waals surface area contributed by atoms with Gasteiger partial charge in [-0.25, -0.2) is 0 Å². The van der Waals surface area contributed by atoms with E-state index in [0.29, 0.717) is 17.7 Å². The summed E-state index contributed by atoms with van der Waals surface area (Å²) in [6, 6.07) is 1.91. The third-order valence-corrected chi connectivity index (χ3v) is 7.15. The molecule has 186 valence electrons. The number of Topliss-reactive ketones (excluding diaryl/α,β-unsaturated/α-hetero) is 2. The van der Waals surface area contributed by atoms with Gasteiger partial charge in [0.2, 0.25) is 5.78 Å². The number of aliphatic hydroxyl groups excluding tert-OH is 2. The van der Waals surface area contributed by atoms with E-state index >= 15 is 0 Å². The monoisotopic (exact) mass is 484 g/mol. The third-order valence-electron chi connectivity index (χ3n) is 7.15. The van der Waals surface area contributed by atoms with E-state index in [9.17, 15) is 34.8 Å². The Morgan fingerprint density at radius 3 is 2.54 bits per heavy atom. The quantitative estimate of drug-likeness (QED) is 0.302. The number of aromatic hydroxyl groups is 1. The van der Waals surface area contributed by atoms with E-state index in [1.807, 2.05) is 6.92 Å². The Bertz CT molecular complexity index is 1230. The van der Waals surface area contributed by atoms with Gasteiger partial charge in [-0.15, -0.1) is 0 Å². The molecule has 3 aliphatic carbocycles. The number of nitrogens with two attached hydrogens (primary N) is 1. The number of nitrogens with zero attached hydrogens (tertiary/aromatic N) is 1. The molecule has 1 aromatic carbocycles. The van der Waals surface area contributed by atoms with E-state index in [2.05, 4.69) is 0 Å². The lowest BCUT2D eigenvalue weighted by Crippen LogP contribution is -2.65. The van der Waals surface area contributed by atoms with Gasteiger partial charge in [0, 0.05) is 11.5 Å². The lowest BCUT2D eigenvalue weighted by Gasteiger charge is -2.50. The smallest absolute Gasteiger partial charge is 0.255 e. The van der Waals surface area contributed by atoms with Crippen LogP contribution >= 0.6 is 0 Å². The average molecular weight is 485 g/mol. The first-order valence-corrected chi connectivity index (χ1v) is 11.2. The zero-order valence-electron chi connectivity index (χ0n) is 19.6. The van der Waals surface area contributed by atoms with Crippen molar-refractivity contribution in [1.29, 1.82) is 0 Å². The summed E-state index contributed by atoms with van der Waals surface area (Å²) >= 11 is 0. The van der Waals surface area contributed by atoms with Gasteiger partial charge < -0.3 is 30.9 Å². The Morgan fingerprint density at radius 2 is 1.94 bits per heavy atom. The molecule has 1 amide bonds. The van der Waals surface area contributed by atoms with Crippen molar-refractivity contribution >= 4 is 29.3 Å². The topological polar surface area (TPSA) is 171 Å². The van der Waals surface area contributed by atoms with Gasteiger partial charge in [0.25, 0.3) is 5.91 Å². The standard InChI is InChI=1S/C25H28N2O8/c1-4-35-8-7-11-5-6-15(28)17-13(11)9-12-10-14-19(27(2)3)21(30)18(24(26)33)23(32)25(14,34)22(31)16(12)20(17)29/h5-8,12,14,19,28-29,32,34H,4,9-10H2,1-3H3,(H2,26,33)/b8-7+/t12-,14-,19-,25-/m0/s1. The van der Waals surface area contributed by atoms with Crippen molar-refractivity contribution in [3.63, 3.8) is 0 Å². The number of hydrogen-bond donors (Lipinski definition) is 5. The maximum Gasteiger partial charge on any atom is 0.255 e. The minimum Gasteiger partial charge on any atom is -0.508 e. The second-order valence-corrected chi connectivity index (χ2v) is 9.25. The van der Waals surface area contributed by atoms with Crippen LogP contribution in [0.5, 0.6) is 5.75 Å². The molecular weight excluding hydrogens is 456 g/mol. The van der Waals surface area contributed by atoms with E-state index in [1.54, 1.807) is 26.2 Å². The Balaban J connectivity index is 1.94. The molecule has 0 aromatic heterocycles. The summed E-state index contributed by atoms with van der Waals surface area (Å²) in [5, 5.41) is 44.1. The summed E-state index contributed by atoms with van der Waals surface area (Å²) in [6.07, 6.45) is 3.43. The first kappa shape index (κ1) is 24.5. The molecule has 1 saturated carbocycles. The number of ketones is 2. The molecule has 1 aromatic rings.